The first-order chi connectivity index (χ1) is 15.9. The number of anilines is 2. The van der Waals surface area contributed by atoms with Gasteiger partial charge in [0, 0.05) is 11.3 Å². The highest BCUT2D eigenvalue weighted by atomic mass is 16.5. The highest BCUT2D eigenvalue weighted by Gasteiger charge is 2.12. The molecule has 1 unspecified atom stereocenters. The second-order valence-corrected chi connectivity index (χ2v) is 8.29. The van der Waals surface area contributed by atoms with Gasteiger partial charge in [-0.2, -0.15) is 0 Å². The number of para-hydroxylation sites is 2. The Kier molecular flexibility index (Phi) is 8.47. The summed E-state index contributed by atoms with van der Waals surface area (Å²) in [6.07, 6.45) is 0. The average molecular weight is 446 g/mol. The highest BCUT2D eigenvalue weighted by molar-refractivity contribution is 5.97. The first kappa shape index (κ1) is 23.9. The number of nitrogens with one attached hydrogen (secondary N) is 3. The third kappa shape index (κ3) is 7.38. The number of hydrogen-bond donors (Lipinski definition) is 3. The molecule has 3 aromatic rings. The van der Waals surface area contributed by atoms with E-state index in [0.29, 0.717) is 23.8 Å². The molecule has 0 heterocycles. The highest BCUT2D eigenvalue weighted by Crippen LogP contribution is 2.24. The molecule has 3 rings (SSSR count). The molecule has 0 fully saturated rings. The van der Waals surface area contributed by atoms with Crippen LogP contribution in [0.1, 0.15) is 42.7 Å². The van der Waals surface area contributed by atoms with E-state index >= 15 is 0 Å². The number of amides is 2. The van der Waals surface area contributed by atoms with Gasteiger partial charge in [-0.1, -0.05) is 56.3 Å². The van der Waals surface area contributed by atoms with Gasteiger partial charge in [-0.25, -0.2) is 0 Å². The summed E-state index contributed by atoms with van der Waals surface area (Å²) in [7, 11) is 0. The van der Waals surface area contributed by atoms with Crippen molar-refractivity contribution in [3.05, 3.63) is 90.0 Å². The smallest absolute Gasteiger partial charge is 0.251 e. The minimum Gasteiger partial charge on any atom is -0.491 e. The van der Waals surface area contributed by atoms with E-state index in [0.717, 1.165) is 17.0 Å². The first-order valence-electron chi connectivity index (χ1n) is 11.1. The Bertz CT molecular complexity index is 1050. The second kappa shape index (κ2) is 11.7. The van der Waals surface area contributed by atoms with Crippen LogP contribution in [-0.4, -0.2) is 25.0 Å². The van der Waals surface area contributed by atoms with Crippen molar-refractivity contribution in [2.24, 2.45) is 5.92 Å². The summed E-state index contributed by atoms with van der Waals surface area (Å²) in [4.78, 5) is 24.9. The van der Waals surface area contributed by atoms with E-state index in [2.05, 4.69) is 29.8 Å². The van der Waals surface area contributed by atoms with Crippen LogP contribution in [0.25, 0.3) is 0 Å². The Balaban J connectivity index is 1.51. The van der Waals surface area contributed by atoms with E-state index in [4.69, 9.17) is 4.74 Å². The minimum atomic E-state index is -0.191. The van der Waals surface area contributed by atoms with E-state index in [-0.39, 0.29) is 24.4 Å². The molecule has 0 spiro atoms. The van der Waals surface area contributed by atoms with Gasteiger partial charge < -0.3 is 20.7 Å². The maximum absolute atomic E-state index is 12.5. The van der Waals surface area contributed by atoms with Gasteiger partial charge in [0.15, 0.2) is 0 Å². The van der Waals surface area contributed by atoms with Crippen molar-refractivity contribution < 1.29 is 14.3 Å². The van der Waals surface area contributed by atoms with Crippen LogP contribution in [0.4, 0.5) is 11.4 Å². The van der Waals surface area contributed by atoms with Gasteiger partial charge in [-0.3, -0.25) is 9.59 Å². The molecule has 0 saturated carbocycles. The fraction of sp³-hybridized carbons (Fsp3) is 0.259. The van der Waals surface area contributed by atoms with Crippen molar-refractivity contribution in [3.8, 4) is 5.75 Å². The second-order valence-electron chi connectivity index (χ2n) is 8.29. The molecular weight excluding hydrogens is 414 g/mol. The summed E-state index contributed by atoms with van der Waals surface area (Å²) >= 11 is 0. The predicted octanol–water partition coefficient (Wildman–Crippen LogP) is 5.26. The number of carbonyl (C=O) groups excluding carboxylic acids is 2. The Labute approximate surface area is 195 Å². The molecule has 0 aromatic heterocycles. The molecule has 0 aliphatic carbocycles. The van der Waals surface area contributed by atoms with Crippen LogP contribution in [0, 0.1) is 5.92 Å². The van der Waals surface area contributed by atoms with Crippen molar-refractivity contribution in [3.63, 3.8) is 0 Å². The van der Waals surface area contributed by atoms with Crippen LogP contribution >= 0.6 is 0 Å². The van der Waals surface area contributed by atoms with Crippen molar-refractivity contribution in [2.45, 2.75) is 26.8 Å². The van der Waals surface area contributed by atoms with E-state index in [1.54, 1.807) is 24.3 Å². The largest absolute Gasteiger partial charge is 0.491 e. The third-order valence-electron chi connectivity index (χ3n) is 4.98. The molecule has 3 N–H and O–H groups in total. The average Bonchev–Trinajstić information content (AvgIpc) is 2.82. The van der Waals surface area contributed by atoms with Crippen LogP contribution < -0.4 is 20.7 Å². The zero-order chi connectivity index (χ0) is 23.6. The Morgan fingerprint density at radius 1 is 0.848 bits per heavy atom. The molecule has 0 aliphatic heterocycles. The number of hydrogen-bond acceptors (Lipinski definition) is 4. The quantitative estimate of drug-likeness (QED) is 0.398. The van der Waals surface area contributed by atoms with Crippen LogP contribution in [0.5, 0.6) is 5.75 Å². The molecule has 0 saturated heterocycles. The molecule has 1 atom stereocenters. The number of benzene rings is 3. The Hall–Kier alpha value is -3.80. The van der Waals surface area contributed by atoms with Crippen LogP contribution in [0.2, 0.25) is 0 Å². The van der Waals surface area contributed by atoms with Crippen molar-refractivity contribution >= 4 is 23.2 Å². The summed E-state index contributed by atoms with van der Waals surface area (Å²) in [5.41, 5.74) is 2.97. The lowest BCUT2D eigenvalue weighted by Gasteiger charge is -2.15. The van der Waals surface area contributed by atoms with Gasteiger partial charge >= 0.3 is 0 Å². The Morgan fingerprint density at radius 2 is 1.52 bits per heavy atom. The number of ether oxygens (including phenoxy) is 1. The fourth-order valence-electron chi connectivity index (χ4n) is 3.19. The van der Waals surface area contributed by atoms with E-state index in [1.807, 2.05) is 61.5 Å². The maximum atomic E-state index is 12.5. The Morgan fingerprint density at radius 3 is 2.21 bits per heavy atom. The summed E-state index contributed by atoms with van der Waals surface area (Å²) in [5, 5.41) is 8.95. The van der Waals surface area contributed by atoms with E-state index < -0.39 is 0 Å². The molecule has 6 heteroatoms. The van der Waals surface area contributed by atoms with Crippen molar-refractivity contribution in [1.29, 1.82) is 0 Å². The molecular formula is C27H31N3O3. The van der Waals surface area contributed by atoms with Gasteiger partial charge in [0.05, 0.1) is 24.9 Å². The topological polar surface area (TPSA) is 79.5 Å². The summed E-state index contributed by atoms with van der Waals surface area (Å²) < 4.78 is 5.81. The van der Waals surface area contributed by atoms with Crippen LogP contribution in [-0.2, 0) is 4.79 Å². The van der Waals surface area contributed by atoms with Crippen molar-refractivity contribution in [1.82, 2.24) is 5.32 Å². The van der Waals surface area contributed by atoms with Gasteiger partial charge in [-0.05, 0) is 54.8 Å². The van der Waals surface area contributed by atoms with E-state index in [9.17, 15) is 9.59 Å². The lowest BCUT2D eigenvalue weighted by molar-refractivity contribution is -0.114. The monoisotopic (exact) mass is 445 g/mol. The summed E-state index contributed by atoms with van der Waals surface area (Å²) in [5.74, 6) is 0.777. The molecule has 2 amide bonds. The molecule has 0 aliphatic rings. The summed E-state index contributed by atoms with van der Waals surface area (Å²) in [6.45, 7) is 6.82. The van der Waals surface area contributed by atoms with Gasteiger partial charge in [0.1, 0.15) is 5.75 Å². The molecule has 6 nitrogen and oxygen atoms in total. The molecule has 33 heavy (non-hydrogen) atoms. The van der Waals surface area contributed by atoms with E-state index in [1.165, 1.54) is 0 Å². The molecule has 3 aromatic carbocycles. The number of rotatable bonds is 10. The zero-order valence-electron chi connectivity index (χ0n) is 19.3. The molecule has 172 valence electrons. The predicted molar refractivity (Wildman–Crippen MR) is 133 cm³/mol. The SMILES string of the molecule is CC(C)COc1ccccc1NCC(=O)Nc1ccc(C(=O)NC(C)c2ccccc2)cc1. The normalized spacial score (nSPS) is 11.5. The van der Waals surface area contributed by atoms with Gasteiger partial charge in [0.25, 0.3) is 5.91 Å². The molecule has 0 bridgehead atoms. The minimum absolute atomic E-state index is 0.0961. The number of carbonyl (C=O) groups is 2. The third-order valence-corrected chi connectivity index (χ3v) is 4.98. The maximum Gasteiger partial charge on any atom is 0.251 e. The lowest BCUT2D eigenvalue weighted by atomic mass is 10.1. The van der Waals surface area contributed by atoms with Crippen LogP contribution in [0.3, 0.4) is 0 Å². The fourth-order valence-corrected chi connectivity index (χ4v) is 3.19. The van der Waals surface area contributed by atoms with Gasteiger partial charge in [0.2, 0.25) is 5.91 Å². The van der Waals surface area contributed by atoms with Gasteiger partial charge in [-0.15, -0.1) is 0 Å². The standard InChI is InChI=1S/C27H31N3O3/c1-19(2)18-33-25-12-8-7-11-24(25)28-17-26(31)30-23-15-13-22(14-16-23)27(32)29-20(3)21-9-5-4-6-10-21/h4-16,19-20,28H,17-18H2,1-3H3,(H,29,32)(H,30,31). The lowest BCUT2D eigenvalue weighted by Crippen LogP contribution is -2.26. The first-order valence-corrected chi connectivity index (χ1v) is 11.1. The van der Waals surface area contributed by atoms with Crippen LogP contribution in [0.15, 0.2) is 78.9 Å². The summed E-state index contributed by atoms with van der Waals surface area (Å²) in [6, 6.07) is 24.1. The zero-order valence-corrected chi connectivity index (χ0v) is 19.3. The molecule has 0 radical (unpaired) electrons. The van der Waals surface area contributed by atoms with Crippen molar-refractivity contribution in [2.75, 3.05) is 23.8 Å².